The van der Waals surface area contributed by atoms with Gasteiger partial charge in [0.1, 0.15) is 12.4 Å². The molecule has 1 atom stereocenters. The Morgan fingerprint density at radius 1 is 1.18 bits per heavy atom. The van der Waals surface area contributed by atoms with Gasteiger partial charge in [-0.2, -0.15) is 0 Å². The van der Waals surface area contributed by atoms with Crippen molar-refractivity contribution in [3.8, 4) is 5.75 Å². The van der Waals surface area contributed by atoms with E-state index >= 15 is 0 Å². The third-order valence-electron chi connectivity index (χ3n) is 4.70. The Morgan fingerprint density at radius 2 is 2.00 bits per heavy atom. The maximum Gasteiger partial charge on any atom is 0.310 e. The minimum atomic E-state index is -0.250. The van der Waals surface area contributed by atoms with E-state index in [-0.39, 0.29) is 17.8 Å². The Kier molecular flexibility index (Phi) is 6.93. The van der Waals surface area contributed by atoms with Crippen molar-refractivity contribution in [2.75, 3.05) is 19.7 Å². The van der Waals surface area contributed by atoms with Crippen LogP contribution in [0.3, 0.4) is 0 Å². The Morgan fingerprint density at radius 3 is 2.79 bits per heavy atom. The monoisotopic (exact) mass is 401 g/mol. The first-order valence-electron chi connectivity index (χ1n) is 9.50. The number of carbonyl (C=O) groups excluding carboxylic acids is 2. The second kappa shape index (κ2) is 9.60. The number of rotatable bonds is 6. The van der Waals surface area contributed by atoms with E-state index < -0.39 is 0 Å². The third kappa shape index (κ3) is 5.26. The van der Waals surface area contributed by atoms with Gasteiger partial charge < -0.3 is 14.4 Å². The lowest BCUT2D eigenvalue weighted by Crippen LogP contribution is -2.42. The number of esters is 1. The van der Waals surface area contributed by atoms with Crippen LogP contribution in [0.15, 0.2) is 48.5 Å². The van der Waals surface area contributed by atoms with Gasteiger partial charge in [0.15, 0.2) is 0 Å². The van der Waals surface area contributed by atoms with Gasteiger partial charge >= 0.3 is 5.97 Å². The average molecular weight is 402 g/mol. The first kappa shape index (κ1) is 20.2. The summed E-state index contributed by atoms with van der Waals surface area (Å²) >= 11 is 5.99. The van der Waals surface area contributed by atoms with Crippen molar-refractivity contribution in [3.63, 3.8) is 0 Å². The number of halogens is 1. The number of carbonyl (C=O) groups is 2. The van der Waals surface area contributed by atoms with Crippen LogP contribution < -0.4 is 4.74 Å². The van der Waals surface area contributed by atoms with Crippen LogP contribution in [-0.2, 0) is 16.1 Å². The van der Waals surface area contributed by atoms with Crippen molar-refractivity contribution in [1.82, 2.24) is 4.90 Å². The molecular weight excluding hydrogens is 378 g/mol. The van der Waals surface area contributed by atoms with Gasteiger partial charge in [0.2, 0.25) is 0 Å². The number of ether oxygens (including phenoxy) is 2. The van der Waals surface area contributed by atoms with Crippen molar-refractivity contribution in [1.29, 1.82) is 0 Å². The molecule has 1 amide bonds. The van der Waals surface area contributed by atoms with Gasteiger partial charge in [0.25, 0.3) is 5.91 Å². The van der Waals surface area contributed by atoms with Crippen molar-refractivity contribution in [2.45, 2.75) is 26.4 Å². The van der Waals surface area contributed by atoms with Gasteiger partial charge in [-0.05, 0) is 55.7 Å². The smallest absolute Gasteiger partial charge is 0.310 e. The first-order chi connectivity index (χ1) is 13.6. The number of hydrogen-bond acceptors (Lipinski definition) is 4. The van der Waals surface area contributed by atoms with E-state index in [4.69, 9.17) is 21.1 Å². The summed E-state index contributed by atoms with van der Waals surface area (Å²) in [5.74, 6) is 0.0468. The van der Waals surface area contributed by atoms with Gasteiger partial charge in [-0.25, -0.2) is 0 Å². The Hall–Kier alpha value is -2.53. The zero-order valence-corrected chi connectivity index (χ0v) is 16.7. The highest BCUT2D eigenvalue weighted by molar-refractivity contribution is 6.30. The summed E-state index contributed by atoms with van der Waals surface area (Å²) in [5, 5.41) is 0.659. The summed E-state index contributed by atoms with van der Waals surface area (Å²) in [6, 6.07) is 14.6. The van der Waals surface area contributed by atoms with Gasteiger partial charge in [-0.3, -0.25) is 9.59 Å². The molecule has 2 aromatic carbocycles. The molecule has 0 saturated carbocycles. The first-order valence-corrected chi connectivity index (χ1v) is 9.88. The lowest BCUT2D eigenvalue weighted by molar-refractivity contribution is -0.149. The molecule has 0 N–H and O–H groups in total. The molecule has 5 nitrogen and oxygen atoms in total. The summed E-state index contributed by atoms with van der Waals surface area (Å²) < 4.78 is 10.9. The van der Waals surface area contributed by atoms with E-state index in [1.165, 1.54) is 0 Å². The molecule has 1 saturated heterocycles. The van der Waals surface area contributed by atoms with E-state index in [0.717, 1.165) is 18.4 Å². The van der Waals surface area contributed by atoms with Crippen molar-refractivity contribution in [3.05, 3.63) is 64.7 Å². The molecule has 0 radical (unpaired) electrons. The third-order valence-corrected chi connectivity index (χ3v) is 4.94. The molecule has 1 aliphatic heterocycles. The van der Waals surface area contributed by atoms with Gasteiger partial charge in [-0.1, -0.05) is 29.8 Å². The number of amides is 1. The van der Waals surface area contributed by atoms with Crippen molar-refractivity contribution >= 4 is 23.5 Å². The van der Waals surface area contributed by atoms with Crippen LogP contribution in [-0.4, -0.2) is 36.5 Å². The lowest BCUT2D eigenvalue weighted by Gasteiger charge is -2.31. The van der Waals surface area contributed by atoms with E-state index in [0.29, 0.717) is 42.6 Å². The fourth-order valence-electron chi connectivity index (χ4n) is 3.31. The SMILES string of the molecule is CCOC(=O)C1CCCN(C(=O)c2cccc(OCc3cccc(Cl)c3)c2)C1. The zero-order valence-electron chi connectivity index (χ0n) is 15.9. The van der Waals surface area contributed by atoms with E-state index in [9.17, 15) is 9.59 Å². The zero-order chi connectivity index (χ0) is 19.9. The second-order valence-corrected chi connectivity index (χ2v) is 7.23. The van der Waals surface area contributed by atoms with E-state index in [2.05, 4.69) is 0 Å². The highest BCUT2D eigenvalue weighted by Crippen LogP contribution is 2.22. The maximum absolute atomic E-state index is 12.9. The maximum atomic E-state index is 12.9. The molecule has 0 spiro atoms. The highest BCUT2D eigenvalue weighted by Gasteiger charge is 2.29. The minimum Gasteiger partial charge on any atom is -0.489 e. The summed E-state index contributed by atoms with van der Waals surface area (Å²) in [6.45, 7) is 3.55. The van der Waals surface area contributed by atoms with Crippen molar-refractivity contribution in [2.24, 2.45) is 5.92 Å². The van der Waals surface area contributed by atoms with Crippen molar-refractivity contribution < 1.29 is 19.1 Å². The normalized spacial score (nSPS) is 16.5. The molecule has 0 aliphatic carbocycles. The lowest BCUT2D eigenvalue weighted by atomic mass is 9.97. The minimum absolute atomic E-state index is 0.0952. The number of hydrogen-bond donors (Lipinski definition) is 0. The number of benzene rings is 2. The quantitative estimate of drug-likeness (QED) is 0.676. The summed E-state index contributed by atoms with van der Waals surface area (Å²) in [5.41, 5.74) is 1.51. The second-order valence-electron chi connectivity index (χ2n) is 6.79. The Balaban J connectivity index is 1.64. The molecule has 1 aliphatic rings. The van der Waals surface area contributed by atoms with E-state index in [1.54, 1.807) is 30.0 Å². The highest BCUT2D eigenvalue weighted by atomic mass is 35.5. The predicted molar refractivity (Wildman–Crippen MR) is 107 cm³/mol. The standard InChI is InChI=1S/C22H24ClNO4/c1-2-27-22(26)18-8-5-11-24(14-18)21(25)17-7-4-10-20(13-17)28-15-16-6-3-9-19(23)12-16/h3-4,6-7,9-10,12-13,18H,2,5,8,11,14-15H2,1H3. The molecule has 2 aromatic rings. The number of likely N-dealkylation sites (tertiary alicyclic amines) is 1. The van der Waals surface area contributed by atoms with Crippen LogP contribution >= 0.6 is 11.6 Å². The molecule has 6 heteroatoms. The van der Waals surface area contributed by atoms with E-state index in [1.807, 2.05) is 30.3 Å². The molecule has 1 heterocycles. The molecule has 0 bridgehead atoms. The molecule has 0 aromatic heterocycles. The summed E-state index contributed by atoms with van der Waals surface area (Å²) in [7, 11) is 0. The Bertz CT molecular complexity index is 839. The fraction of sp³-hybridized carbons (Fsp3) is 0.364. The largest absolute Gasteiger partial charge is 0.489 e. The molecular formula is C22H24ClNO4. The van der Waals surface area contributed by atoms with Crippen LogP contribution in [0, 0.1) is 5.92 Å². The van der Waals surface area contributed by atoms with Crippen LogP contribution in [0.25, 0.3) is 0 Å². The molecule has 1 fully saturated rings. The fourth-order valence-corrected chi connectivity index (χ4v) is 3.52. The summed E-state index contributed by atoms with van der Waals surface area (Å²) in [6.07, 6.45) is 1.55. The van der Waals surface area contributed by atoms with Gasteiger partial charge in [-0.15, -0.1) is 0 Å². The van der Waals surface area contributed by atoms with Gasteiger partial charge in [0, 0.05) is 23.7 Å². The van der Waals surface area contributed by atoms with Crippen LogP contribution in [0.2, 0.25) is 5.02 Å². The molecule has 148 valence electrons. The molecule has 28 heavy (non-hydrogen) atoms. The predicted octanol–water partition coefficient (Wildman–Crippen LogP) is 4.33. The van der Waals surface area contributed by atoms with Crippen LogP contribution in [0.1, 0.15) is 35.7 Å². The molecule has 1 unspecified atom stereocenters. The van der Waals surface area contributed by atoms with Crippen LogP contribution in [0.4, 0.5) is 0 Å². The van der Waals surface area contributed by atoms with Crippen LogP contribution in [0.5, 0.6) is 5.75 Å². The average Bonchev–Trinajstić information content (AvgIpc) is 2.72. The topological polar surface area (TPSA) is 55.8 Å². The Labute approximate surface area is 170 Å². The number of nitrogens with zero attached hydrogens (tertiary/aromatic N) is 1. The number of piperidine rings is 1. The van der Waals surface area contributed by atoms with Gasteiger partial charge in [0.05, 0.1) is 12.5 Å². The molecule has 3 rings (SSSR count). The summed E-state index contributed by atoms with van der Waals surface area (Å²) in [4.78, 5) is 26.6.